The molecule has 1 N–H and O–H groups in total. The Morgan fingerprint density at radius 1 is 1.07 bits per heavy atom. The van der Waals surface area contributed by atoms with E-state index in [0.717, 1.165) is 16.8 Å². The fourth-order valence-corrected chi connectivity index (χ4v) is 2.86. The molecule has 0 bridgehead atoms. The maximum atomic E-state index is 13.2. The quantitative estimate of drug-likeness (QED) is 0.679. The Hall–Kier alpha value is -3.28. The highest BCUT2D eigenvalue weighted by molar-refractivity contribution is 5.92. The minimum absolute atomic E-state index is 0.0507. The van der Waals surface area contributed by atoms with Crippen molar-refractivity contribution in [2.45, 2.75) is 39.9 Å². The van der Waals surface area contributed by atoms with E-state index in [1.165, 1.54) is 0 Å². The molecule has 0 spiro atoms. The smallest absolute Gasteiger partial charge is 0.273 e. The number of nitrogens with zero attached hydrogens (tertiary/aromatic N) is 4. The minimum atomic E-state index is -0.103. The number of nitrogens with one attached hydrogen (secondary N) is 1. The van der Waals surface area contributed by atoms with Crippen LogP contribution in [0.2, 0.25) is 0 Å². The molecule has 0 saturated heterocycles. The Labute approximate surface area is 165 Å². The van der Waals surface area contributed by atoms with Crippen molar-refractivity contribution in [1.82, 2.24) is 19.9 Å². The zero-order valence-corrected chi connectivity index (χ0v) is 16.5. The summed E-state index contributed by atoms with van der Waals surface area (Å²) in [7, 11) is 0. The summed E-state index contributed by atoms with van der Waals surface area (Å²) in [4.78, 5) is 28.0. The van der Waals surface area contributed by atoms with Crippen molar-refractivity contribution >= 4 is 11.9 Å². The summed E-state index contributed by atoms with van der Waals surface area (Å²) in [5.41, 5.74) is 3.25. The number of amides is 1. The molecular weight excluding hydrogens is 350 g/mol. The third-order valence-electron chi connectivity index (χ3n) is 4.33. The zero-order chi connectivity index (χ0) is 19.9. The van der Waals surface area contributed by atoms with E-state index in [1.54, 1.807) is 18.5 Å². The first-order valence-electron chi connectivity index (χ1n) is 9.36. The van der Waals surface area contributed by atoms with Crippen LogP contribution in [-0.2, 0) is 13.1 Å². The molecule has 0 aliphatic carbocycles. The highest BCUT2D eigenvalue weighted by Gasteiger charge is 2.21. The maximum Gasteiger partial charge on any atom is 0.273 e. The van der Waals surface area contributed by atoms with Gasteiger partial charge in [0.05, 0.1) is 0 Å². The first-order valence-corrected chi connectivity index (χ1v) is 9.36. The molecule has 6 nitrogen and oxygen atoms in total. The molecule has 0 atom stereocenters. The van der Waals surface area contributed by atoms with Crippen LogP contribution in [-0.4, -0.2) is 31.8 Å². The van der Waals surface area contributed by atoms with Crippen LogP contribution >= 0.6 is 0 Å². The van der Waals surface area contributed by atoms with Crippen LogP contribution in [0.5, 0.6) is 0 Å². The topological polar surface area (TPSA) is 71.0 Å². The summed E-state index contributed by atoms with van der Waals surface area (Å²) in [5.74, 6) is 0.337. The van der Waals surface area contributed by atoms with Crippen molar-refractivity contribution in [3.8, 4) is 0 Å². The maximum absolute atomic E-state index is 13.2. The Morgan fingerprint density at radius 2 is 1.82 bits per heavy atom. The second-order valence-electron chi connectivity index (χ2n) is 6.95. The van der Waals surface area contributed by atoms with Gasteiger partial charge < -0.3 is 10.2 Å². The van der Waals surface area contributed by atoms with Gasteiger partial charge in [0.25, 0.3) is 5.91 Å². The predicted octanol–water partition coefficient (Wildman–Crippen LogP) is 3.84. The van der Waals surface area contributed by atoms with Crippen molar-refractivity contribution in [1.29, 1.82) is 0 Å². The second kappa shape index (κ2) is 9.08. The lowest BCUT2D eigenvalue weighted by atomic mass is 10.1. The van der Waals surface area contributed by atoms with E-state index in [0.29, 0.717) is 24.7 Å². The first kappa shape index (κ1) is 19.5. The molecule has 3 aromatic rings. The molecule has 2 heterocycles. The minimum Gasteiger partial charge on any atom is -0.350 e. The van der Waals surface area contributed by atoms with Gasteiger partial charge in [0.15, 0.2) is 0 Å². The molecule has 3 rings (SSSR count). The van der Waals surface area contributed by atoms with Gasteiger partial charge in [0, 0.05) is 37.2 Å². The predicted molar refractivity (Wildman–Crippen MR) is 110 cm³/mol. The molecule has 6 heteroatoms. The molecule has 1 aromatic carbocycles. The van der Waals surface area contributed by atoms with E-state index < -0.39 is 0 Å². The van der Waals surface area contributed by atoms with Crippen LogP contribution in [0.1, 0.15) is 41.2 Å². The number of hydrogen-bond donors (Lipinski definition) is 1. The largest absolute Gasteiger partial charge is 0.350 e. The average molecular weight is 375 g/mol. The van der Waals surface area contributed by atoms with Gasteiger partial charge in [-0.3, -0.25) is 9.78 Å². The van der Waals surface area contributed by atoms with E-state index in [9.17, 15) is 4.79 Å². The standard InChI is InChI=1S/C22H25N5O/c1-16(2)27(15-18-8-5-4-6-9-18)21(28)20-12-17(3)25-22(26-20)24-14-19-10-7-11-23-13-19/h4-13,16H,14-15H2,1-3H3,(H,24,25,26). The fraction of sp³-hybridized carbons (Fsp3) is 0.273. The monoisotopic (exact) mass is 375 g/mol. The van der Waals surface area contributed by atoms with E-state index >= 15 is 0 Å². The third-order valence-corrected chi connectivity index (χ3v) is 4.33. The van der Waals surface area contributed by atoms with Crippen LogP contribution in [0, 0.1) is 6.92 Å². The van der Waals surface area contributed by atoms with E-state index in [1.807, 2.05) is 68.1 Å². The number of aryl methyl sites for hydroxylation is 1. The van der Waals surface area contributed by atoms with Gasteiger partial charge in [-0.1, -0.05) is 36.4 Å². The molecular formula is C22H25N5O. The summed E-state index contributed by atoms with van der Waals surface area (Å²) in [6.45, 7) is 6.97. The van der Waals surface area contributed by atoms with Gasteiger partial charge in [-0.2, -0.15) is 0 Å². The summed E-state index contributed by atoms with van der Waals surface area (Å²) < 4.78 is 0. The van der Waals surface area contributed by atoms with Crippen LogP contribution in [0.25, 0.3) is 0 Å². The summed E-state index contributed by atoms with van der Waals surface area (Å²) in [5, 5.41) is 3.18. The number of carbonyl (C=O) groups excluding carboxylic acids is 1. The van der Waals surface area contributed by atoms with Gasteiger partial charge in [0.1, 0.15) is 5.69 Å². The highest BCUT2D eigenvalue weighted by Crippen LogP contribution is 2.14. The molecule has 28 heavy (non-hydrogen) atoms. The Morgan fingerprint density at radius 3 is 2.50 bits per heavy atom. The normalized spacial score (nSPS) is 10.7. The van der Waals surface area contributed by atoms with Crippen LogP contribution < -0.4 is 5.32 Å². The molecule has 0 aliphatic heterocycles. The molecule has 144 valence electrons. The van der Waals surface area contributed by atoms with Crippen molar-refractivity contribution in [3.05, 3.63) is 83.4 Å². The van der Waals surface area contributed by atoms with Crippen LogP contribution in [0.15, 0.2) is 60.9 Å². The number of aromatic nitrogens is 3. The Balaban J connectivity index is 1.78. The lowest BCUT2D eigenvalue weighted by molar-refractivity contribution is 0.0684. The highest BCUT2D eigenvalue weighted by atomic mass is 16.2. The van der Waals surface area contributed by atoms with Crippen molar-refractivity contribution < 1.29 is 4.79 Å². The molecule has 1 amide bonds. The second-order valence-corrected chi connectivity index (χ2v) is 6.95. The van der Waals surface area contributed by atoms with Crippen molar-refractivity contribution in [2.75, 3.05) is 5.32 Å². The van der Waals surface area contributed by atoms with Crippen LogP contribution in [0.3, 0.4) is 0 Å². The van der Waals surface area contributed by atoms with Crippen molar-refractivity contribution in [2.24, 2.45) is 0 Å². The number of hydrogen-bond acceptors (Lipinski definition) is 5. The first-order chi connectivity index (χ1) is 13.5. The zero-order valence-electron chi connectivity index (χ0n) is 16.5. The van der Waals surface area contributed by atoms with Crippen molar-refractivity contribution in [3.63, 3.8) is 0 Å². The van der Waals surface area contributed by atoms with E-state index in [2.05, 4.69) is 20.3 Å². The Bertz CT molecular complexity index is 913. The van der Waals surface area contributed by atoms with Gasteiger partial charge in [-0.05, 0) is 44.0 Å². The molecule has 0 saturated carbocycles. The van der Waals surface area contributed by atoms with Crippen LogP contribution in [0.4, 0.5) is 5.95 Å². The van der Waals surface area contributed by atoms with Gasteiger partial charge in [-0.25, -0.2) is 9.97 Å². The van der Waals surface area contributed by atoms with E-state index in [4.69, 9.17) is 0 Å². The fourth-order valence-electron chi connectivity index (χ4n) is 2.86. The number of anilines is 1. The molecule has 0 fully saturated rings. The summed E-state index contributed by atoms with van der Waals surface area (Å²) >= 11 is 0. The number of rotatable bonds is 7. The number of benzene rings is 1. The lowest BCUT2D eigenvalue weighted by Crippen LogP contribution is -2.37. The molecule has 2 aromatic heterocycles. The van der Waals surface area contributed by atoms with Gasteiger partial charge >= 0.3 is 0 Å². The SMILES string of the molecule is Cc1cc(C(=O)N(Cc2ccccc2)C(C)C)nc(NCc2cccnc2)n1. The average Bonchev–Trinajstić information content (AvgIpc) is 2.71. The molecule has 0 radical (unpaired) electrons. The van der Waals surface area contributed by atoms with Gasteiger partial charge in [-0.15, -0.1) is 0 Å². The summed E-state index contributed by atoms with van der Waals surface area (Å²) in [6, 6.07) is 15.6. The lowest BCUT2D eigenvalue weighted by Gasteiger charge is -2.26. The number of pyridine rings is 1. The number of carbonyl (C=O) groups is 1. The summed E-state index contributed by atoms with van der Waals surface area (Å²) in [6.07, 6.45) is 3.52. The molecule has 0 aliphatic rings. The molecule has 0 unspecified atom stereocenters. The Kier molecular flexibility index (Phi) is 6.32. The van der Waals surface area contributed by atoms with E-state index in [-0.39, 0.29) is 11.9 Å². The van der Waals surface area contributed by atoms with Gasteiger partial charge in [0.2, 0.25) is 5.95 Å². The third kappa shape index (κ3) is 5.13.